The molecular weight excluding hydrogens is 308 g/mol. The summed E-state index contributed by atoms with van der Waals surface area (Å²) in [5.41, 5.74) is 0.599. The molecule has 1 aromatic rings. The van der Waals surface area contributed by atoms with E-state index in [-0.39, 0.29) is 38.1 Å². The first-order valence-electron chi connectivity index (χ1n) is 8.21. The molecule has 0 fully saturated rings. The molecule has 0 aliphatic rings. The highest BCUT2D eigenvalue weighted by Gasteiger charge is 2.17. The number of esters is 1. The van der Waals surface area contributed by atoms with Gasteiger partial charge in [-0.1, -0.05) is 30.3 Å². The highest BCUT2D eigenvalue weighted by molar-refractivity contribution is 5.75. The van der Waals surface area contributed by atoms with Crippen molar-refractivity contribution in [1.29, 1.82) is 0 Å². The van der Waals surface area contributed by atoms with Gasteiger partial charge in [0.1, 0.15) is 5.60 Å². The quantitative estimate of drug-likeness (QED) is 0.711. The van der Waals surface area contributed by atoms with Crippen molar-refractivity contribution in [3.05, 3.63) is 35.9 Å². The lowest BCUT2D eigenvalue weighted by molar-refractivity contribution is -0.154. The van der Waals surface area contributed by atoms with E-state index in [1.54, 1.807) is 25.7 Å². The maximum absolute atomic E-state index is 12.2. The second-order valence-corrected chi connectivity index (χ2v) is 6.51. The third-order valence-corrected chi connectivity index (χ3v) is 3.20. The fourth-order valence-corrected chi connectivity index (χ4v) is 2.12. The van der Waals surface area contributed by atoms with E-state index in [2.05, 4.69) is 5.32 Å². The van der Waals surface area contributed by atoms with Gasteiger partial charge in [-0.3, -0.25) is 4.79 Å². The van der Waals surface area contributed by atoms with Crippen molar-refractivity contribution in [2.75, 3.05) is 26.2 Å². The average Bonchev–Trinajstić information content (AvgIpc) is 2.50. The summed E-state index contributed by atoms with van der Waals surface area (Å²) in [5, 5.41) is 11.8. The molecule has 2 N–H and O–H groups in total. The van der Waals surface area contributed by atoms with Gasteiger partial charge in [0.15, 0.2) is 0 Å². The molecule has 24 heavy (non-hydrogen) atoms. The van der Waals surface area contributed by atoms with Crippen LogP contribution in [0.2, 0.25) is 0 Å². The second-order valence-electron chi connectivity index (χ2n) is 6.51. The number of hydrogen-bond donors (Lipinski definition) is 2. The van der Waals surface area contributed by atoms with Gasteiger partial charge >= 0.3 is 12.0 Å². The molecular formula is C18H28N2O4. The molecule has 6 nitrogen and oxygen atoms in total. The number of aliphatic hydroxyl groups excluding tert-OH is 1. The first-order chi connectivity index (χ1) is 11.3. The summed E-state index contributed by atoms with van der Waals surface area (Å²) in [5.74, 6) is -0.346. The third-order valence-electron chi connectivity index (χ3n) is 3.20. The van der Waals surface area contributed by atoms with Gasteiger partial charge in [-0.05, 0) is 32.8 Å². The van der Waals surface area contributed by atoms with Gasteiger partial charge in [-0.2, -0.15) is 0 Å². The topological polar surface area (TPSA) is 78.9 Å². The Morgan fingerprint density at radius 2 is 1.83 bits per heavy atom. The number of nitrogens with zero attached hydrogens (tertiary/aromatic N) is 1. The predicted molar refractivity (Wildman–Crippen MR) is 92.7 cm³/mol. The molecule has 0 heterocycles. The van der Waals surface area contributed by atoms with E-state index < -0.39 is 5.60 Å². The van der Waals surface area contributed by atoms with Gasteiger partial charge in [0.05, 0.1) is 13.0 Å². The van der Waals surface area contributed by atoms with E-state index in [9.17, 15) is 9.59 Å². The summed E-state index contributed by atoms with van der Waals surface area (Å²) in [6.07, 6.45) is 0.828. The van der Waals surface area contributed by atoms with Crippen LogP contribution in [0.3, 0.4) is 0 Å². The monoisotopic (exact) mass is 336 g/mol. The van der Waals surface area contributed by atoms with Gasteiger partial charge in [0.25, 0.3) is 0 Å². The number of carbonyl (C=O) groups excluding carboxylic acids is 2. The van der Waals surface area contributed by atoms with Gasteiger partial charge in [0.2, 0.25) is 0 Å². The van der Waals surface area contributed by atoms with Crippen LogP contribution < -0.4 is 5.32 Å². The summed E-state index contributed by atoms with van der Waals surface area (Å²) in [4.78, 5) is 25.3. The molecule has 0 spiro atoms. The third kappa shape index (κ3) is 8.53. The molecule has 0 saturated carbocycles. The number of aliphatic hydroxyl groups is 1. The lowest BCUT2D eigenvalue weighted by atomic mass is 10.1. The van der Waals surface area contributed by atoms with Crippen LogP contribution in [-0.4, -0.2) is 53.8 Å². The van der Waals surface area contributed by atoms with E-state index >= 15 is 0 Å². The number of carbonyl (C=O) groups is 2. The molecule has 0 radical (unpaired) electrons. The molecule has 0 saturated heterocycles. The first kappa shape index (κ1) is 20.0. The first-order valence-corrected chi connectivity index (χ1v) is 8.21. The highest BCUT2D eigenvalue weighted by Crippen LogP contribution is 2.08. The number of amides is 2. The number of urea groups is 1. The Balaban J connectivity index is 2.38. The molecule has 134 valence electrons. The van der Waals surface area contributed by atoms with Crippen molar-refractivity contribution < 1.29 is 19.4 Å². The van der Waals surface area contributed by atoms with Gasteiger partial charge in [0, 0.05) is 19.6 Å². The van der Waals surface area contributed by atoms with Crippen molar-refractivity contribution in [3.8, 4) is 0 Å². The molecule has 0 aliphatic heterocycles. The average molecular weight is 336 g/mol. The zero-order chi connectivity index (χ0) is 18.0. The zero-order valence-electron chi connectivity index (χ0n) is 14.7. The Morgan fingerprint density at radius 3 is 2.42 bits per heavy atom. The smallest absolute Gasteiger partial charge is 0.317 e. The van der Waals surface area contributed by atoms with Crippen LogP contribution in [-0.2, 0) is 16.0 Å². The maximum atomic E-state index is 12.2. The number of nitrogens with one attached hydrogen (secondary N) is 1. The van der Waals surface area contributed by atoms with Crippen molar-refractivity contribution in [2.45, 2.75) is 39.2 Å². The standard InChI is InChI=1S/C18H28N2O4/c1-18(2,3)24-16(22)9-11-19-17(23)20(13-14-21)12-10-15-7-5-4-6-8-15/h4-8,21H,9-14H2,1-3H3,(H,19,23). The van der Waals surface area contributed by atoms with Crippen molar-refractivity contribution >= 4 is 12.0 Å². The van der Waals surface area contributed by atoms with Gasteiger partial charge in [-0.25, -0.2) is 4.79 Å². The highest BCUT2D eigenvalue weighted by atomic mass is 16.6. The molecule has 2 amide bonds. The lowest BCUT2D eigenvalue weighted by Crippen LogP contribution is -2.43. The molecule has 0 bridgehead atoms. The molecule has 1 aromatic carbocycles. The summed E-state index contributed by atoms with van der Waals surface area (Å²) in [6, 6.07) is 9.55. The molecule has 0 aromatic heterocycles. The van der Waals surface area contributed by atoms with E-state index in [1.165, 1.54) is 0 Å². The summed E-state index contributed by atoms with van der Waals surface area (Å²) in [7, 11) is 0. The predicted octanol–water partition coefficient (Wildman–Crippen LogP) is 1.96. The van der Waals surface area contributed by atoms with Gasteiger partial charge < -0.3 is 20.1 Å². The van der Waals surface area contributed by atoms with E-state index in [1.807, 2.05) is 30.3 Å². The number of benzene rings is 1. The van der Waals surface area contributed by atoms with Crippen molar-refractivity contribution in [2.24, 2.45) is 0 Å². The van der Waals surface area contributed by atoms with E-state index in [4.69, 9.17) is 9.84 Å². The number of hydrogen-bond acceptors (Lipinski definition) is 4. The Labute approximate surface area is 143 Å². The van der Waals surface area contributed by atoms with Gasteiger partial charge in [-0.15, -0.1) is 0 Å². The molecule has 0 atom stereocenters. The zero-order valence-corrected chi connectivity index (χ0v) is 14.7. The molecule has 6 heteroatoms. The SMILES string of the molecule is CC(C)(C)OC(=O)CCNC(=O)N(CCO)CCc1ccccc1. The molecule has 0 aliphatic carbocycles. The van der Waals surface area contributed by atoms with Crippen LogP contribution in [0.5, 0.6) is 0 Å². The Hall–Kier alpha value is -2.08. The van der Waals surface area contributed by atoms with Crippen LogP contribution >= 0.6 is 0 Å². The summed E-state index contributed by atoms with van der Waals surface area (Å²) in [6.45, 7) is 6.27. The fourth-order valence-electron chi connectivity index (χ4n) is 2.12. The minimum absolute atomic E-state index is 0.103. The number of rotatable bonds is 8. The Morgan fingerprint density at radius 1 is 1.17 bits per heavy atom. The van der Waals surface area contributed by atoms with Crippen LogP contribution in [0, 0.1) is 0 Å². The minimum Gasteiger partial charge on any atom is -0.460 e. The van der Waals surface area contributed by atoms with Crippen LogP contribution in [0.15, 0.2) is 30.3 Å². The maximum Gasteiger partial charge on any atom is 0.317 e. The summed E-state index contributed by atoms with van der Waals surface area (Å²) >= 11 is 0. The largest absolute Gasteiger partial charge is 0.460 e. The van der Waals surface area contributed by atoms with Crippen LogP contribution in [0.4, 0.5) is 4.79 Å². The van der Waals surface area contributed by atoms with Crippen molar-refractivity contribution in [3.63, 3.8) is 0 Å². The Kier molecular flexibility index (Phi) is 8.26. The summed E-state index contributed by atoms with van der Waals surface area (Å²) < 4.78 is 5.19. The molecule has 1 rings (SSSR count). The Bertz CT molecular complexity index is 512. The van der Waals surface area contributed by atoms with Crippen LogP contribution in [0.25, 0.3) is 0 Å². The van der Waals surface area contributed by atoms with E-state index in [0.717, 1.165) is 5.56 Å². The number of ether oxygens (including phenoxy) is 1. The van der Waals surface area contributed by atoms with Crippen molar-refractivity contribution in [1.82, 2.24) is 10.2 Å². The minimum atomic E-state index is -0.528. The fraction of sp³-hybridized carbons (Fsp3) is 0.556. The second kappa shape index (κ2) is 9.93. The molecule has 0 unspecified atom stereocenters. The van der Waals surface area contributed by atoms with Crippen LogP contribution in [0.1, 0.15) is 32.8 Å². The normalized spacial score (nSPS) is 11.0. The lowest BCUT2D eigenvalue weighted by Gasteiger charge is -2.23. The van der Waals surface area contributed by atoms with E-state index in [0.29, 0.717) is 13.0 Å².